The predicted octanol–water partition coefficient (Wildman–Crippen LogP) is 3.73. The van der Waals surface area contributed by atoms with Crippen molar-refractivity contribution in [3.05, 3.63) is 52.9 Å². The second-order valence-corrected chi connectivity index (χ2v) is 6.68. The van der Waals surface area contributed by atoms with Crippen LogP contribution in [-0.2, 0) is 15.0 Å². The van der Waals surface area contributed by atoms with E-state index < -0.39 is 11.9 Å². The molecular weight excluding hydrogens is 336 g/mol. The van der Waals surface area contributed by atoms with E-state index in [0.717, 1.165) is 5.56 Å². The summed E-state index contributed by atoms with van der Waals surface area (Å²) in [6.45, 7) is 9.78. The fourth-order valence-corrected chi connectivity index (χ4v) is 2.06. The van der Waals surface area contributed by atoms with Gasteiger partial charge in [0.15, 0.2) is 11.5 Å². The Hall–Kier alpha value is -2.96. The number of carbonyl (C=O) groups is 2. The second-order valence-electron chi connectivity index (χ2n) is 6.68. The molecule has 7 nitrogen and oxygen atoms in total. The number of carbonyl (C=O) groups excluding carboxylic acids is 2. The van der Waals surface area contributed by atoms with Gasteiger partial charge in [0.25, 0.3) is 0 Å². The summed E-state index contributed by atoms with van der Waals surface area (Å²) in [5.74, 6) is -0.967. The minimum Gasteiger partial charge on any atom is -0.461 e. The molecule has 0 fully saturated rings. The van der Waals surface area contributed by atoms with Crippen LogP contribution < -0.4 is 0 Å². The van der Waals surface area contributed by atoms with Gasteiger partial charge in [-0.3, -0.25) is 0 Å². The first-order valence-corrected chi connectivity index (χ1v) is 8.23. The van der Waals surface area contributed by atoms with E-state index in [0.29, 0.717) is 5.56 Å². The average molecular weight is 358 g/mol. The maximum atomic E-state index is 12.1. The highest BCUT2D eigenvalue weighted by molar-refractivity contribution is 5.98. The van der Waals surface area contributed by atoms with Gasteiger partial charge in [0.2, 0.25) is 0 Å². The van der Waals surface area contributed by atoms with Gasteiger partial charge in [-0.1, -0.05) is 43.2 Å². The molecule has 138 valence electrons. The van der Waals surface area contributed by atoms with Crippen molar-refractivity contribution in [1.29, 1.82) is 0 Å². The van der Waals surface area contributed by atoms with Gasteiger partial charge in [0.1, 0.15) is 5.71 Å². The number of nitrogens with zero attached hydrogens (tertiary/aromatic N) is 2. The van der Waals surface area contributed by atoms with E-state index >= 15 is 0 Å². The van der Waals surface area contributed by atoms with Crippen molar-refractivity contribution in [1.82, 2.24) is 5.16 Å². The van der Waals surface area contributed by atoms with Crippen LogP contribution in [-0.4, -0.2) is 29.4 Å². The largest absolute Gasteiger partial charge is 0.461 e. The molecule has 26 heavy (non-hydrogen) atoms. The third-order valence-electron chi connectivity index (χ3n) is 3.60. The van der Waals surface area contributed by atoms with Gasteiger partial charge in [-0.2, -0.15) is 0 Å². The summed E-state index contributed by atoms with van der Waals surface area (Å²) in [7, 11) is 0. The molecule has 0 aliphatic heterocycles. The van der Waals surface area contributed by atoms with Crippen LogP contribution in [0.4, 0.5) is 0 Å². The Balaban J connectivity index is 2.04. The van der Waals surface area contributed by atoms with Gasteiger partial charge >= 0.3 is 11.9 Å². The molecule has 0 N–H and O–H groups in total. The number of ether oxygens (including phenoxy) is 1. The Kier molecular flexibility index (Phi) is 5.92. The van der Waals surface area contributed by atoms with Crippen LogP contribution in [0.5, 0.6) is 0 Å². The van der Waals surface area contributed by atoms with Crippen LogP contribution in [0.2, 0.25) is 0 Å². The zero-order valence-electron chi connectivity index (χ0n) is 15.5. The predicted molar refractivity (Wildman–Crippen MR) is 95.2 cm³/mol. The fourth-order valence-electron chi connectivity index (χ4n) is 2.06. The van der Waals surface area contributed by atoms with Gasteiger partial charge < -0.3 is 14.1 Å². The van der Waals surface area contributed by atoms with Crippen LogP contribution in [0.25, 0.3) is 0 Å². The number of hydrogen-bond donors (Lipinski definition) is 0. The average Bonchev–Trinajstić information content (AvgIpc) is 3.09. The normalized spacial score (nSPS) is 12.0. The Labute approximate surface area is 152 Å². The van der Waals surface area contributed by atoms with E-state index in [1.54, 1.807) is 26.0 Å². The molecule has 2 rings (SSSR count). The van der Waals surface area contributed by atoms with Crippen molar-refractivity contribution in [2.75, 3.05) is 6.61 Å². The highest BCUT2D eigenvalue weighted by Gasteiger charge is 2.17. The molecule has 0 spiro atoms. The zero-order chi connectivity index (χ0) is 19.3. The number of hydrogen-bond acceptors (Lipinski definition) is 7. The highest BCUT2D eigenvalue weighted by atomic mass is 16.7. The van der Waals surface area contributed by atoms with E-state index in [1.807, 2.05) is 12.1 Å². The molecule has 0 radical (unpaired) electrons. The molecule has 0 aliphatic carbocycles. The molecular formula is C19H22N2O5. The molecule has 0 atom stereocenters. The summed E-state index contributed by atoms with van der Waals surface area (Å²) < 4.78 is 9.84. The number of oxime groups is 1. The lowest BCUT2D eigenvalue weighted by Gasteiger charge is -2.18. The fraction of sp³-hybridized carbons (Fsp3) is 0.368. The number of esters is 1. The molecule has 1 aromatic carbocycles. The van der Waals surface area contributed by atoms with Crippen LogP contribution in [0.3, 0.4) is 0 Å². The quantitative estimate of drug-likeness (QED) is 0.350. The first-order valence-electron chi connectivity index (χ1n) is 8.23. The van der Waals surface area contributed by atoms with E-state index in [1.165, 1.54) is 6.07 Å². The maximum Gasteiger partial charge on any atom is 0.365 e. The lowest BCUT2D eigenvalue weighted by molar-refractivity contribution is 0.0507. The Morgan fingerprint density at radius 2 is 1.81 bits per heavy atom. The Morgan fingerprint density at radius 1 is 1.15 bits per heavy atom. The third-order valence-corrected chi connectivity index (χ3v) is 3.60. The first-order chi connectivity index (χ1) is 12.2. The summed E-state index contributed by atoms with van der Waals surface area (Å²) in [6, 6.07) is 8.54. The second kappa shape index (κ2) is 7.95. The molecule has 7 heteroatoms. The summed E-state index contributed by atoms with van der Waals surface area (Å²) >= 11 is 0. The van der Waals surface area contributed by atoms with Gasteiger partial charge in [-0.25, -0.2) is 9.59 Å². The lowest BCUT2D eigenvalue weighted by atomic mass is 9.87. The number of rotatable bonds is 5. The van der Waals surface area contributed by atoms with Gasteiger partial charge in [-0.15, -0.1) is 0 Å². The van der Waals surface area contributed by atoms with Crippen molar-refractivity contribution in [3.63, 3.8) is 0 Å². The Bertz CT molecular complexity index is 813. The van der Waals surface area contributed by atoms with Crippen LogP contribution in [0, 0.1) is 0 Å². The van der Waals surface area contributed by atoms with Gasteiger partial charge in [0.05, 0.1) is 12.2 Å². The first kappa shape index (κ1) is 19.4. The summed E-state index contributed by atoms with van der Waals surface area (Å²) in [6.07, 6.45) is 0. The number of aromatic nitrogens is 1. The molecule has 0 amide bonds. The minimum absolute atomic E-state index is 0.0000939. The monoisotopic (exact) mass is 358 g/mol. The molecule has 0 saturated heterocycles. The minimum atomic E-state index is -0.591. The molecule has 2 aromatic rings. The maximum absolute atomic E-state index is 12.1. The van der Waals surface area contributed by atoms with E-state index in [2.05, 4.69) is 31.1 Å². The SMILES string of the molecule is CCOC(=O)c1cc(/C(C)=N\OC(=O)c2ccc(C(C)(C)C)cc2)on1. The molecule has 0 saturated carbocycles. The molecule has 0 aliphatic rings. The molecule has 1 aromatic heterocycles. The van der Waals surface area contributed by atoms with Gasteiger partial charge in [0, 0.05) is 6.07 Å². The molecule has 0 bridgehead atoms. The van der Waals surface area contributed by atoms with Crippen LogP contribution in [0.1, 0.15) is 66.8 Å². The number of benzene rings is 1. The van der Waals surface area contributed by atoms with Crippen molar-refractivity contribution in [3.8, 4) is 0 Å². The van der Waals surface area contributed by atoms with Crippen molar-refractivity contribution >= 4 is 17.7 Å². The smallest absolute Gasteiger partial charge is 0.365 e. The zero-order valence-corrected chi connectivity index (χ0v) is 15.5. The lowest BCUT2D eigenvalue weighted by Crippen LogP contribution is -2.11. The van der Waals surface area contributed by atoms with Crippen molar-refractivity contribution < 1.29 is 23.7 Å². The van der Waals surface area contributed by atoms with Crippen LogP contribution in [0.15, 0.2) is 40.0 Å². The van der Waals surface area contributed by atoms with E-state index in [4.69, 9.17) is 14.1 Å². The Morgan fingerprint density at radius 3 is 2.38 bits per heavy atom. The van der Waals surface area contributed by atoms with Gasteiger partial charge in [-0.05, 0) is 37.0 Å². The van der Waals surface area contributed by atoms with E-state index in [-0.39, 0.29) is 29.2 Å². The molecule has 1 heterocycles. The van der Waals surface area contributed by atoms with E-state index in [9.17, 15) is 9.59 Å². The van der Waals surface area contributed by atoms with Crippen molar-refractivity contribution in [2.24, 2.45) is 5.16 Å². The summed E-state index contributed by atoms with van der Waals surface area (Å²) in [5.41, 5.74) is 1.80. The van der Waals surface area contributed by atoms with Crippen LogP contribution >= 0.6 is 0 Å². The standard InChI is InChI=1S/C19H22N2O5/c1-6-24-18(23)15-11-16(25-21-15)12(2)20-26-17(22)13-7-9-14(10-8-13)19(3,4)5/h7-11H,6H2,1-5H3/b20-12-. The van der Waals surface area contributed by atoms with Crippen molar-refractivity contribution in [2.45, 2.75) is 40.0 Å². The third kappa shape index (κ3) is 4.78. The summed E-state index contributed by atoms with van der Waals surface area (Å²) in [4.78, 5) is 28.6. The highest BCUT2D eigenvalue weighted by Crippen LogP contribution is 2.22. The topological polar surface area (TPSA) is 91.0 Å². The summed E-state index contributed by atoms with van der Waals surface area (Å²) in [5, 5.41) is 7.34. The molecule has 0 unspecified atom stereocenters.